The molecule has 7 nitrogen and oxygen atoms in total. The molecule has 0 aliphatic rings. The van der Waals surface area contributed by atoms with Crippen molar-refractivity contribution < 1.29 is 23.9 Å². The first-order chi connectivity index (χ1) is 14.6. The van der Waals surface area contributed by atoms with E-state index in [4.69, 9.17) is 4.74 Å². The number of nitrogens with one attached hydrogen (secondary N) is 2. The molecule has 0 unspecified atom stereocenters. The van der Waals surface area contributed by atoms with Gasteiger partial charge in [-0.1, -0.05) is 54.6 Å². The third-order valence-corrected chi connectivity index (χ3v) is 4.28. The van der Waals surface area contributed by atoms with Crippen LogP contribution in [0.1, 0.15) is 26.3 Å². The zero-order chi connectivity index (χ0) is 21.3. The Morgan fingerprint density at radius 3 is 1.97 bits per heavy atom. The number of carbonyl (C=O) groups is 3. The van der Waals surface area contributed by atoms with Gasteiger partial charge in [-0.15, -0.1) is 0 Å². The average molecular weight is 404 g/mol. The Labute approximate surface area is 173 Å². The van der Waals surface area contributed by atoms with E-state index in [9.17, 15) is 14.4 Å². The summed E-state index contributed by atoms with van der Waals surface area (Å²) >= 11 is 0. The lowest BCUT2D eigenvalue weighted by molar-refractivity contribution is 0.0600. The summed E-state index contributed by atoms with van der Waals surface area (Å²) in [6.07, 6.45) is -0.804. The van der Waals surface area contributed by atoms with Gasteiger partial charge in [0, 0.05) is 5.56 Å². The molecular formula is C23H20N2O5. The van der Waals surface area contributed by atoms with Crippen LogP contribution in [0.2, 0.25) is 0 Å². The molecule has 0 bridgehead atoms. The van der Waals surface area contributed by atoms with Crippen molar-refractivity contribution in [2.24, 2.45) is 0 Å². The number of benzene rings is 3. The molecule has 0 radical (unpaired) electrons. The van der Waals surface area contributed by atoms with Gasteiger partial charge in [0.2, 0.25) is 0 Å². The highest BCUT2D eigenvalue weighted by Gasteiger charge is 2.09. The Bertz CT molecular complexity index is 1020. The van der Waals surface area contributed by atoms with Crippen molar-refractivity contribution in [3.05, 3.63) is 95.6 Å². The molecule has 30 heavy (non-hydrogen) atoms. The van der Waals surface area contributed by atoms with Crippen molar-refractivity contribution in [1.29, 1.82) is 0 Å². The largest absolute Gasteiger partial charge is 0.465 e. The summed E-state index contributed by atoms with van der Waals surface area (Å²) in [5.74, 6) is -0.909. The zero-order valence-corrected chi connectivity index (χ0v) is 16.3. The molecule has 2 N–H and O–H groups in total. The highest BCUT2D eigenvalue weighted by molar-refractivity contribution is 5.95. The van der Waals surface area contributed by atoms with Gasteiger partial charge in [-0.3, -0.25) is 10.2 Å². The first kappa shape index (κ1) is 20.6. The summed E-state index contributed by atoms with van der Waals surface area (Å²) in [5, 5.41) is 0. The summed E-state index contributed by atoms with van der Waals surface area (Å²) in [4.78, 5) is 35.4. The maximum Gasteiger partial charge on any atom is 0.426 e. The molecule has 3 rings (SSSR count). The van der Waals surface area contributed by atoms with Gasteiger partial charge in [0.1, 0.15) is 6.61 Å². The standard InChI is InChI=1S/C23H20N2O5/c1-29-22(27)20-9-7-16(8-10-20)15-30-23(28)25-24-21(26)19-13-11-18(12-14-19)17-5-3-2-4-6-17/h2-14H,15H2,1H3,(H,24,26)(H,25,28). The summed E-state index contributed by atoms with van der Waals surface area (Å²) in [6, 6.07) is 23.2. The molecule has 0 fully saturated rings. The molecule has 0 saturated carbocycles. The molecule has 2 amide bonds. The zero-order valence-electron chi connectivity index (χ0n) is 16.3. The second kappa shape index (κ2) is 9.88. The van der Waals surface area contributed by atoms with Crippen LogP contribution in [0.15, 0.2) is 78.9 Å². The van der Waals surface area contributed by atoms with E-state index in [-0.39, 0.29) is 6.61 Å². The Kier molecular flexibility index (Phi) is 6.78. The first-order valence-electron chi connectivity index (χ1n) is 9.12. The molecule has 0 aliphatic carbocycles. The number of methoxy groups -OCH3 is 1. The van der Waals surface area contributed by atoms with Gasteiger partial charge in [-0.05, 0) is 41.0 Å². The molecule has 3 aromatic rings. The number of hydrogen-bond acceptors (Lipinski definition) is 5. The topological polar surface area (TPSA) is 93.7 Å². The molecule has 0 saturated heterocycles. The molecule has 0 aliphatic heterocycles. The number of esters is 1. The summed E-state index contributed by atoms with van der Waals surface area (Å²) in [6.45, 7) is -0.0189. The highest BCUT2D eigenvalue weighted by Crippen LogP contribution is 2.19. The van der Waals surface area contributed by atoms with Gasteiger partial charge in [0.15, 0.2) is 0 Å². The minimum absolute atomic E-state index is 0.0189. The fourth-order valence-electron chi connectivity index (χ4n) is 2.66. The summed E-state index contributed by atoms with van der Waals surface area (Å²) < 4.78 is 9.66. The fourth-order valence-corrected chi connectivity index (χ4v) is 2.66. The molecule has 0 spiro atoms. The monoisotopic (exact) mass is 404 g/mol. The average Bonchev–Trinajstić information content (AvgIpc) is 2.81. The van der Waals surface area contributed by atoms with E-state index in [2.05, 4.69) is 15.6 Å². The molecule has 0 atom stereocenters. The minimum Gasteiger partial charge on any atom is -0.465 e. The van der Waals surface area contributed by atoms with E-state index >= 15 is 0 Å². The van der Waals surface area contributed by atoms with Crippen LogP contribution in [-0.2, 0) is 16.1 Å². The first-order valence-corrected chi connectivity index (χ1v) is 9.12. The van der Waals surface area contributed by atoms with Gasteiger partial charge in [0.05, 0.1) is 12.7 Å². The van der Waals surface area contributed by atoms with Crippen LogP contribution < -0.4 is 10.9 Å². The van der Waals surface area contributed by atoms with Crippen LogP contribution in [0.25, 0.3) is 11.1 Å². The van der Waals surface area contributed by atoms with E-state index in [1.807, 2.05) is 42.5 Å². The molecule has 0 aromatic heterocycles. The Balaban J connectivity index is 1.46. The highest BCUT2D eigenvalue weighted by atomic mass is 16.6. The number of carbonyl (C=O) groups excluding carboxylic acids is 3. The molecule has 152 valence electrons. The fraction of sp³-hybridized carbons (Fsp3) is 0.0870. The maximum atomic E-state index is 12.2. The lowest BCUT2D eigenvalue weighted by Gasteiger charge is -2.09. The Hall–Kier alpha value is -4.13. The Morgan fingerprint density at radius 2 is 1.33 bits per heavy atom. The summed E-state index contributed by atoms with van der Waals surface area (Å²) in [7, 11) is 1.30. The molecule has 7 heteroatoms. The Morgan fingerprint density at radius 1 is 0.733 bits per heavy atom. The number of hydrogen-bond donors (Lipinski definition) is 2. The second-order valence-corrected chi connectivity index (χ2v) is 6.29. The third-order valence-electron chi connectivity index (χ3n) is 4.28. The smallest absolute Gasteiger partial charge is 0.426 e. The third kappa shape index (κ3) is 5.45. The number of amides is 2. The van der Waals surface area contributed by atoms with Crippen molar-refractivity contribution in [1.82, 2.24) is 10.9 Å². The van der Waals surface area contributed by atoms with Crippen LogP contribution >= 0.6 is 0 Å². The van der Waals surface area contributed by atoms with Crippen LogP contribution in [0.3, 0.4) is 0 Å². The van der Waals surface area contributed by atoms with Crippen molar-refractivity contribution in [3.8, 4) is 11.1 Å². The van der Waals surface area contributed by atoms with Gasteiger partial charge < -0.3 is 9.47 Å². The van der Waals surface area contributed by atoms with E-state index in [0.29, 0.717) is 16.7 Å². The van der Waals surface area contributed by atoms with E-state index in [1.165, 1.54) is 7.11 Å². The van der Waals surface area contributed by atoms with Gasteiger partial charge in [0.25, 0.3) is 5.91 Å². The van der Waals surface area contributed by atoms with E-state index < -0.39 is 18.0 Å². The number of hydrazine groups is 1. The molecule has 3 aromatic carbocycles. The quantitative estimate of drug-likeness (QED) is 0.499. The van der Waals surface area contributed by atoms with Crippen molar-refractivity contribution >= 4 is 18.0 Å². The van der Waals surface area contributed by atoms with Gasteiger partial charge >= 0.3 is 12.1 Å². The molecular weight excluding hydrogens is 384 g/mol. The van der Waals surface area contributed by atoms with E-state index in [0.717, 1.165) is 11.1 Å². The predicted molar refractivity (Wildman–Crippen MR) is 110 cm³/mol. The van der Waals surface area contributed by atoms with Crippen LogP contribution in [0.5, 0.6) is 0 Å². The SMILES string of the molecule is COC(=O)c1ccc(COC(=O)NNC(=O)c2ccc(-c3ccccc3)cc2)cc1. The van der Waals surface area contributed by atoms with Gasteiger partial charge in [-0.2, -0.15) is 0 Å². The van der Waals surface area contributed by atoms with Crippen molar-refractivity contribution in [3.63, 3.8) is 0 Å². The minimum atomic E-state index is -0.804. The lowest BCUT2D eigenvalue weighted by atomic mass is 10.0. The number of ether oxygens (including phenoxy) is 2. The lowest BCUT2D eigenvalue weighted by Crippen LogP contribution is -2.41. The summed E-state index contributed by atoms with van der Waals surface area (Å²) in [5.41, 5.74) is 8.01. The normalized spacial score (nSPS) is 10.0. The van der Waals surface area contributed by atoms with Crippen LogP contribution in [0, 0.1) is 0 Å². The predicted octanol–water partition coefficient (Wildman–Crippen LogP) is 3.71. The van der Waals surface area contributed by atoms with Crippen molar-refractivity contribution in [2.75, 3.05) is 7.11 Å². The maximum absolute atomic E-state index is 12.2. The van der Waals surface area contributed by atoms with Gasteiger partial charge in [-0.25, -0.2) is 15.0 Å². The number of rotatable bonds is 5. The van der Waals surface area contributed by atoms with Crippen molar-refractivity contribution in [2.45, 2.75) is 6.61 Å². The van der Waals surface area contributed by atoms with E-state index in [1.54, 1.807) is 36.4 Å². The van der Waals surface area contributed by atoms with Crippen LogP contribution in [0.4, 0.5) is 4.79 Å². The second-order valence-electron chi connectivity index (χ2n) is 6.29. The molecule has 0 heterocycles. The van der Waals surface area contributed by atoms with Crippen LogP contribution in [-0.4, -0.2) is 25.1 Å².